The van der Waals surface area contributed by atoms with Crippen molar-refractivity contribution in [2.75, 3.05) is 0 Å². The van der Waals surface area contributed by atoms with Gasteiger partial charge in [-0.2, -0.15) is 0 Å². The Hall–Kier alpha value is -2.19. The minimum absolute atomic E-state index is 0.541. The molecule has 0 bridgehead atoms. The smallest absolute Gasteiger partial charge is 0.0780 e. The fourth-order valence-electron chi connectivity index (χ4n) is 2.44. The molecular formula is C17H16N2. The number of rotatable bonds is 2. The second-order valence-corrected chi connectivity index (χ2v) is 4.75. The summed E-state index contributed by atoms with van der Waals surface area (Å²) >= 11 is 0. The van der Waals surface area contributed by atoms with Crippen LogP contribution < -0.4 is 5.73 Å². The van der Waals surface area contributed by atoms with E-state index in [9.17, 15) is 0 Å². The summed E-state index contributed by atoms with van der Waals surface area (Å²) in [5.74, 6) is 0. The molecule has 2 heteroatoms. The Bertz CT molecular complexity index is 727. The molecule has 0 amide bonds. The molecule has 0 aliphatic rings. The van der Waals surface area contributed by atoms with Gasteiger partial charge >= 0.3 is 0 Å². The summed E-state index contributed by atoms with van der Waals surface area (Å²) in [5.41, 5.74) is 11.6. The molecule has 0 radical (unpaired) electrons. The van der Waals surface area contributed by atoms with E-state index in [1.165, 1.54) is 11.1 Å². The number of aryl methyl sites for hydroxylation is 1. The van der Waals surface area contributed by atoms with E-state index in [0.717, 1.165) is 22.0 Å². The van der Waals surface area contributed by atoms with Crippen molar-refractivity contribution in [3.8, 4) is 11.1 Å². The quantitative estimate of drug-likeness (QED) is 0.751. The lowest BCUT2D eigenvalue weighted by atomic mass is 9.95. The lowest BCUT2D eigenvalue weighted by Crippen LogP contribution is -1.99. The van der Waals surface area contributed by atoms with E-state index >= 15 is 0 Å². The van der Waals surface area contributed by atoms with E-state index in [1.807, 2.05) is 12.3 Å². The van der Waals surface area contributed by atoms with Crippen molar-refractivity contribution in [2.45, 2.75) is 13.5 Å². The number of aromatic nitrogens is 1. The number of hydrogen-bond acceptors (Lipinski definition) is 2. The topological polar surface area (TPSA) is 38.9 Å². The maximum absolute atomic E-state index is 5.86. The molecule has 1 heterocycles. The molecule has 19 heavy (non-hydrogen) atoms. The van der Waals surface area contributed by atoms with Crippen LogP contribution in [0.2, 0.25) is 0 Å². The Labute approximate surface area is 112 Å². The summed E-state index contributed by atoms with van der Waals surface area (Å²) in [6, 6.07) is 16.7. The highest BCUT2D eigenvalue weighted by Crippen LogP contribution is 2.30. The number of nitrogens with zero attached hydrogens (tertiary/aromatic N) is 1. The third-order valence-electron chi connectivity index (χ3n) is 3.41. The molecule has 3 rings (SSSR count). The molecule has 2 N–H and O–H groups in total. The number of benzene rings is 2. The summed E-state index contributed by atoms with van der Waals surface area (Å²) in [6.45, 7) is 2.64. The largest absolute Gasteiger partial charge is 0.326 e. The lowest BCUT2D eigenvalue weighted by Gasteiger charge is -2.11. The van der Waals surface area contributed by atoms with Crippen molar-refractivity contribution in [3.63, 3.8) is 0 Å². The van der Waals surface area contributed by atoms with Crippen molar-refractivity contribution in [1.82, 2.24) is 4.98 Å². The molecule has 0 atom stereocenters. The zero-order valence-electron chi connectivity index (χ0n) is 10.9. The number of fused-ring (bicyclic) bond motifs is 1. The van der Waals surface area contributed by atoms with Crippen molar-refractivity contribution in [1.29, 1.82) is 0 Å². The van der Waals surface area contributed by atoms with E-state index in [4.69, 9.17) is 5.73 Å². The predicted octanol–water partition coefficient (Wildman–Crippen LogP) is 3.67. The van der Waals surface area contributed by atoms with E-state index < -0.39 is 0 Å². The maximum atomic E-state index is 5.86. The monoisotopic (exact) mass is 248 g/mol. The van der Waals surface area contributed by atoms with Gasteiger partial charge < -0.3 is 5.73 Å². The molecule has 0 saturated carbocycles. The average Bonchev–Trinajstić information content (AvgIpc) is 2.46. The van der Waals surface area contributed by atoms with Gasteiger partial charge in [-0.05, 0) is 24.1 Å². The van der Waals surface area contributed by atoms with Gasteiger partial charge in [-0.15, -0.1) is 0 Å². The van der Waals surface area contributed by atoms with Crippen LogP contribution >= 0.6 is 0 Å². The second kappa shape index (κ2) is 4.82. The normalized spacial score (nSPS) is 10.8. The molecule has 0 unspecified atom stereocenters. The first-order valence-electron chi connectivity index (χ1n) is 6.43. The summed E-state index contributed by atoms with van der Waals surface area (Å²) in [5, 5.41) is 1.16. The van der Waals surface area contributed by atoms with Crippen LogP contribution in [0.4, 0.5) is 0 Å². The summed E-state index contributed by atoms with van der Waals surface area (Å²) < 4.78 is 0. The van der Waals surface area contributed by atoms with Gasteiger partial charge in [0.2, 0.25) is 0 Å². The zero-order valence-corrected chi connectivity index (χ0v) is 10.9. The highest BCUT2D eigenvalue weighted by atomic mass is 14.6. The van der Waals surface area contributed by atoms with Crippen LogP contribution in [-0.4, -0.2) is 4.98 Å². The summed E-state index contributed by atoms with van der Waals surface area (Å²) in [7, 11) is 0. The van der Waals surface area contributed by atoms with Gasteiger partial charge in [0.25, 0.3) is 0 Å². The molecule has 94 valence electrons. The highest BCUT2D eigenvalue weighted by Gasteiger charge is 2.08. The third kappa shape index (κ3) is 2.11. The van der Waals surface area contributed by atoms with Crippen LogP contribution in [0, 0.1) is 6.92 Å². The molecular weight excluding hydrogens is 232 g/mol. The first kappa shape index (κ1) is 11.9. The van der Waals surface area contributed by atoms with E-state index in [1.54, 1.807) is 0 Å². The predicted molar refractivity (Wildman–Crippen MR) is 79.8 cm³/mol. The number of para-hydroxylation sites is 1. The zero-order chi connectivity index (χ0) is 13.2. The van der Waals surface area contributed by atoms with E-state index in [-0.39, 0.29) is 0 Å². The molecule has 3 aromatic rings. The maximum Gasteiger partial charge on any atom is 0.0780 e. The van der Waals surface area contributed by atoms with Crippen LogP contribution in [0.3, 0.4) is 0 Å². The van der Waals surface area contributed by atoms with Crippen molar-refractivity contribution in [3.05, 3.63) is 65.9 Å². The van der Waals surface area contributed by atoms with Gasteiger partial charge in [0.15, 0.2) is 0 Å². The van der Waals surface area contributed by atoms with Crippen LogP contribution in [0.1, 0.15) is 11.1 Å². The Morgan fingerprint density at radius 3 is 2.68 bits per heavy atom. The summed E-state index contributed by atoms with van der Waals surface area (Å²) in [6.07, 6.45) is 1.84. The second-order valence-electron chi connectivity index (χ2n) is 4.75. The molecule has 0 aliphatic carbocycles. The molecule has 2 aromatic carbocycles. The molecule has 2 nitrogen and oxygen atoms in total. The van der Waals surface area contributed by atoms with Gasteiger partial charge in [0.05, 0.1) is 5.52 Å². The van der Waals surface area contributed by atoms with Gasteiger partial charge in [-0.3, -0.25) is 4.98 Å². The Kier molecular flexibility index (Phi) is 3.02. The van der Waals surface area contributed by atoms with Crippen LogP contribution in [0.15, 0.2) is 54.7 Å². The summed E-state index contributed by atoms with van der Waals surface area (Å²) in [4.78, 5) is 4.52. The van der Waals surface area contributed by atoms with Gasteiger partial charge in [-0.1, -0.05) is 48.0 Å². The molecule has 1 aromatic heterocycles. The van der Waals surface area contributed by atoms with Gasteiger partial charge in [-0.25, -0.2) is 0 Å². The molecule has 0 aliphatic heterocycles. The number of nitrogens with two attached hydrogens (primary N) is 1. The van der Waals surface area contributed by atoms with E-state index in [0.29, 0.717) is 6.54 Å². The number of hydrogen-bond donors (Lipinski definition) is 1. The minimum atomic E-state index is 0.541. The molecule has 0 saturated heterocycles. The fourth-order valence-corrected chi connectivity index (χ4v) is 2.44. The average molecular weight is 248 g/mol. The van der Waals surface area contributed by atoms with Crippen LogP contribution in [0.25, 0.3) is 22.0 Å². The minimum Gasteiger partial charge on any atom is -0.326 e. The van der Waals surface area contributed by atoms with Crippen molar-refractivity contribution < 1.29 is 0 Å². The lowest BCUT2D eigenvalue weighted by molar-refractivity contribution is 1.07. The van der Waals surface area contributed by atoms with Crippen molar-refractivity contribution >= 4 is 10.9 Å². The highest BCUT2D eigenvalue weighted by molar-refractivity contribution is 5.94. The van der Waals surface area contributed by atoms with Crippen LogP contribution in [-0.2, 0) is 6.54 Å². The van der Waals surface area contributed by atoms with Crippen molar-refractivity contribution in [2.24, 2.45) is 5.73 Å². The third-order valence-corrected chi connectivity index (χ3v) is 3.41. The SMILES string of the molecule is Cc1ccc(CN)c(-c2cccc3cccnc23)c1. The van der Waals surface area contributed by atoms with E-state index in [2.05, 4.69) is 54.4 Å². The Balaban J connectivity index is 2.33. The standard InChI is InChI=1S/C17H16N2/c1-12-7-8-14(11-18)16(10-12)15-6-2-4-13-5-3-9-19-17(13)15/h2-10H,11,18H2,1H3. The Morgan fingerprint density at radius 2 is 1.84 bits per heavy atom. The Morgan fingerprint density at radius 1 is 1.00 bits per heavy atom. The fraction of sp³-hybridized carbons (Fsp3) is 0.118. The molecule has 0 spiro atoms. The molecule has 0 fully saturated rings. The van der Waals surface area contributed by atoms with Gasteiger partial charge in [0, 0.05) is 23.7 Å². The van der Waals surface area contributed by atoms with Gasteiger partial charge in [0.1, 0.15) is 0 Å². The first-order valence-corrected chi connectivity index (χ1v) is 6.43. The number of pyridine rings is 1. The first-order chi connectivity index (χ1) is 9.29. The van der Waals surface area contributed by atoms with Crippen LogP contribution in [0.5, 0.6) is 0 Å².